The molecule has 6 heteroatoms. The number of likely N-dealkylation sites (tertiary alicyclic amines) is 1. The lowest BCUT2D eigenvalue weighted by molar-refractivity contribution is 0.139. The van der Waals surface area contributed by atoms with Crippen molar-refractivity contribution in [2.75, 3.05) is 33.8 Å². The number of nitrogens with zero attached hydrogens (tertiary/aromatic N) is 2. The summed E-state index contributed by atoms with van der Waals surface area (Å²) in [6.07, 6.45) is 2.68. The van der Waals surface area contributed by atoms with Crippen LogP contribution in [0.15, 0.2) is 29.3 Å². The summed E-state index contributed by atoms with van der Waals surface area (Å²) in [4.78, 5) is 6.90. The molecule has 2 unspecified atom stereocenters. The third-order valence-corrected chi connectivity index (χ3v) is 4.69. The van der Waals surface area contributed by atoms with Gasteiger partial charge in [0.25, 0.3) is 0 Å². The van der Waals surface area contributed by atoms with Gasteiger partial charge in [-0.05, 0) is 49.9 Å². The molecule has 0 amide bonds. The number of rotatable bonds is 6. The van der Waals surface area contributed by atoms with Crippen LogP contribution in [-0.2, 0) is 6.54 Å². The van der Waals surface area contributed by atoms with Gasteiger partial charge in [0.15, 0.2) is 5.96 Å². The fraction of sp³-hybridized carbons (Fsp3) is 0.632. The minimum atomic E-state index is 0. The summed E-state index contributed by atoms with van der Waals surface area (Å²) in [5.41, 5.74) is 1.18. The van der Waals surface area contributed by atoms with Crippen LogP contribution in [0.25, 0.3) is 0 Å². The molecule has 1 aliphatic heterocycles. The van der Waals surface area contributed by atoms with Crippen LogP contribution >= 0.6 is 24.0 Å². The third kappa shape index (κ3) is 7.40. The number of guanidine groups is 1. The molecule has 142 valence electrons. The van der Waals surface area contributed by atoms with E-state index < -0.39 is 0 Å². The van der Waals surface area contributed by atoms with Gasteiger partial charge in [-0.2, -0.15) is 0 Å². The Morgan fingerprint density at radius 1 is 1.40 bits per heavy atom. The fourth-order valence-electron chi connectivity index (χ4n) is 3.19. The van der Waals surface area contributed by atoms with Crippen LogP contribution in [0.3, 0.4) is 0 Å². The Balaban J connectivity index is 0.00000312. The lowest BCUT2D eigenvalue weighted by atomic mass is 9.99. The minimum Gasteiger partial charge on any atom is -0.497 e. The number of hydrogen-bond donors (Lipinski definition) is 2. The molecule has 1 heterocycles. The highest BCUT2D eigenvalue weighted by atomic mass is 127. The highest BCUT2D eigenvalue weighted by Crippen LogP contribution is 2.17. The second-order valence-electron chi connectivity index (χ2n) is 6.75. The molecule has 1 aromatic rings. The molecular weight excluding hydrogens is 427 g/mol. The Kier molecular flexibility index (Phi) is 10.2. The van der Waals surface area contributed by atoms with Crippen LogP contribution in [-0.4, -0.2) is 50.7 Å². The van der Waals surface area contributed by atoms with E-state index in [0.717, 1.165) is 30.7 Å². The second kappa shape index (κ2) is 11.6. The van der Waals surface area contributed by atoms with Gasteiger partial charge in [-0.15, -0.1) is 24.0 Å². The molecule has 0 spiro atoms. The largest absolute Gasteiger partial charge is 0.497 e. The summed E-state index contributed by atoms with van der Waals surface area (Å²) in [5, 5.41) is 6.82. The minimum absolute atomic E-state index is 0. The maximum absolute atomic E-state index is 5.26. The van der Waals surface area contributed by atoms with Crippen LogP contribution in [0, 0.1) is 5.92 Å². The summed E-state index contributed by atoms with van der Waals surface area (Å²) in [5.74, 6) is 2.53. The molecular formula is C19H33IN4O. The van der Waals surface area contributed by atoms with E-state index in [9.17, 15) is 0 Å². The number of halogens is 1. The average molecular weight is 460 g/mol. The first-order chi connectivity index (χ1) is 11.6. The zero-order chi connectivity index (χ0) is 17.4. The number of piperidine rings is 1. The van der Waals surface area contributed by atoms with E-state index in [1.807, 2.05) is 25.2 Å². The predicted octanol–water partition coefficient (Wildman–Crippen LogP) is 3.10. The predicted molar refractivity (Wildman–Crippen MR) is 116 cm³/mol. The van der Waals surface area contributed by atoms with Crippen LogP contribution < -0.4 is 15.4 Å². The van der Waals surface area contributed by atoms with Gasteiger partial charge >= 0.3 is 0 Å². The average Bonchev–Trinajstić information content (AvgIpc) is 2.61. The number of benzene rings is 1. The maximum atomic E-state index is 5.26. The molecule has 0 aliphatic carbocycles. The smallest absolute Gasteiger partial charge is 0.191 e. The van der Waals surface area contributed by atoms with E-state index in [2.05, 4.69) is 40.4 Å². The highest BCUT2D eigenvalue weighted by molar-refractivity contribution is 14.0. The Labute approximate surface area is 169 Å². The topological polar surface area (TPSA) is 48.9 Å². The molecule has 0 aromatic heterocycles. The maximum Gasteiger partial charge on any atom is 0.191 e. The summed E-state index contributed by atoms with van der Waals surface area (Å²) in [7, 11) is 3.50. The number of aliphatic imine (C=N–C) groups is 1. The van der Waals surface area contributed by atoms with Gasteiger partial charge in [-0.3, -0.25) is 9.89 Å². The second-order valence-corrected chi connectivity index (χ2v) is 6.75. The first-order valence-electron chi connectivity index (χ1n) is 8.94. The van der Waals surface area contributed by atoms with Crippen LogP contribution in [0.1, 0.15) is 32.3 Å². The van der Waals surface area contributed by atoms with Crippen molar-refractivity contribution in [3.05, 3.63) is 29.8 Å². The first kappa shape index (κ1) is 22.0. The molecule has 0 saturated carbocycles. The Bertz CT molecular complexity index is 538. The molecule has 1 saturated heterocycles. The zero-order valence-electron chi connectivity index (χ0n) is 15.9. The lowest BCUT2D eigenvalue weighted by Crippen LogP contribution is -2.48. The standard InChI is InChI=1S/C19H32N4O.HI/c1-15-7-6-10-23(14-15)16(2)12-21-19(20-3)22-13-17-8-5-9-18(11-17)24-4;/h5,8-9,11,15-16H,6-7,10,12-14H2,1-4H3,(H2,20,21,22);1H. The van der Waals surface area contributed by atoms with E-state index in [0.29, 0.717) is 6.04 Å². The third-order valence-electron chi connectivity index (χ3n) is 4.69. The van der Waals surface area contributed by atoms with Crippen molar-refractivity contribution in [3.8, 4) is 5.75 Å². The van der Waals surface area contributed by atoms with Crippen LogP contribution in [0.5, 0.6) is 5.75 Å². The summed E-state index contributed by atoms with van der Waals surface area (Å²) in [6, 6.07) is 8.60. The molecule has 0 bridgehead atoms. The first-order valence-corrected chi connectivity index (χ1v) is 8.94. The Hall–Kier alpha value is -1.02. The number of methoxy groups -OCH3 is 1. The monoisotopic (exact) mass is 460 g/mol. The normalized spacial score (nSPS) is 19.7. The number of nitrogens with one attached hydrogen (secondary N) is 2. The van der Waals surface area contributed by atoms with E-state index in [1.54, 1.807) is 7.11 Å². The van der Waals surface area contributed by atoms with Crippen LogP contribution in [0.4, 0.5) is 0 Å². The van der Waals surface area contributed by atoms with Crippen molar-refractivity contribution in [2.24, 2.45) is 10.9 Å². The van der Waals surface area contributed by atoms with Gasteiger partial charge in [0, 0.05) is 32.7 Å². The van der Waals surface area contributed by atoms with Crippen LogP contribution in [0.2, 0.25) is 0 Å². The summed E-state index contributed by atoms with van der Waals surface area (Å²) >= 11 is 0. The van der Waals surface area contributed by atoms with Gasteiger partial charge < -0.3 is 15.4 Å². The molecule has 1 aromatic carbocycles. The van der Waals surface area contributed by atoms with Gasteiger partial charge in [0.1, 0.15) is 5.75 Å². The highest BCUT2D eigenvalue weighted by Gasteiger charge is 2.20. The van der Waals surface area contributed by atoms with Crippen molar-refractivity contribution >= 4 is 29.9 Å². The van der Waals surface area contributed by atoms with E-state index in [-0.39, 0.29) is 24.0 Å². The Morgan fingerprint density at radius 2 is 2.20 bits per heavy atom. The van der Waals surface area contributed by atoms with Crippen molar-refractivity contribution < 1.29 is 4.74 Å². The molecule has 1 aliphatic rings. The van der Waals surface area contributed by atoms with Gasteiger partial charge in [0.05, 0.1) is 7.11 Å². The quantitative estimate of drug-likeness (QED) is 0.389. The Morgan fingerprint density at radius 3 is 2.88 bits per heavy atom. The molecule has 1 fully saturated rings. The zero-order valence-corrected chi connectivity index (χ0v) is 18.2. The SMILES string of the molecule is CN=C(NCc1cccc(OC)c1)NCC(C)N1CCCC(C)C1.I. The molecule has 25 heavy (non-hydrogen) atoms. The van der Waals surface area contributed by atoms with Crippen molar-refractivity contribution in [2.45, 2.75) is 39.3 Å². The molecule has 5 nitrogen and oxygen atoms in total. The van der Waals surface area contributed by atoms with E-state index in [1.165, 1.54) is 31.5 Å². The summed E-state index contributed by atoms with van der Waals surface area (Å²) in [6.45, 7) is 8.69. The van der Waals surface area contributed by atoms with Crippen molar-refractivity contribution in [1.82, 2.24) is 15.5 Å². The van der Waals surface area contributed by atoms with Gasteiger partial charge in [0.2, 0.25) is 0 Å². The fourth-order valence-corrected chi connectivity index (χ4v) is 3.19. The van der Waals surface area contributed by atoms with Gasteiger partial charge in [-0.25, -0.2) is 0 Å². The molecule has 0 radical (unpaired) electrons. The lowest BCUT2D eigenvalue weighted by Gasteiger charge is -2.35. The van der Waals surface area contributed by atoms with E-state index >= 15 is 0 Å². The number of hydrogen-bond acceptors (Lipinski definition) is 3. The number of ether oxygens (including phenoxy) is 1. The molecule has 2 atom stereocenters. The molecule has 2 rings (SSSR count). The summed E-state index contributed by atoms with van der Waals surface area (Å²) < 4.78 is 5.26. The van der Waals surface area contributed by atoms with Crippen molar-refractivity contribution in [3.63, 3.8) is 0 Å². The van der Waals surface area contributed by atoms with E-state index in [4.69, 9.17) is 4.74 Å². The van der Waals surface area contributed by atoms with Gasteiger partial charge in [-0.1, -0.05) is 19.1 Å². The molecule has 2 N–H and O–H groups in total. The van der Waals surface area contributed by atoms with Crippen molar-refractivity contribution in [1.29, 1.82) is 0 Å².